The Hall–Kier alpha value is -1.47. The van der Waals surface area contributed by atoms with Crippen LogP contribution in [0.25, 0.3) is 5.65 Å². The van der Waals surface area contributed by atoms with Crippen molar-refractivity contribution in [3.05, 3.63) is 17.4 Å². The number of amides is 1. The van der Waals surface area contributed by atoms with Crippen molar-refractivity contribution in [2.45, 2.75) is 31.3 Å². The molecule has 0 saturated carbocycles. The van der Waals surface area contributed by atoms with E-state index in [0.29, 0.717) is 23.2 Å². The minimum Gasteiger partial charge on any atom is -0.443 e. The van der Waals surface area contributed by atoms with Gasteiger partial charge in [0.2, 0.25) is 0 Å². The van der Waals surface area contributed by atoms with Crippen LogP contribution in [0.4, 0.5) is 10.6 Å². The fraction of sp³-hybridized carbons (Fsp3) is 0.462. The molecule has 0 fully saturated rings. The number of hydrogen-bond acceptors (Lipinski definition) is 5. The lowest BCUT2D eigenvalue weighted by Crippen LogP contribution is -2.40. The number of halogens is 1. The van der Waals surface area contributed by atoms with Crippen LogP contribution < -0.4 is 4.90 Å². The Morgan fingerprint density at radius 2 is 2.24 bits per heavy atom. The Labute approximate surface area is 131 Å². The molecule has 0 radical (unpaired) electrons. The Morgan fingerprint density at radius 1 is 1.48 bits per heavy atom. The summed E-state index contributed by atoms with van der Waals surface area (Å²) < 4.78 is 7.00. The highest BCUT2D eigenvalue weighted by atomic mass is 35.5. The summed E-state index contributed by atoms with van der Waals surface area (Å²) in [4.78, 5) is 19.1. The molecule has 1 amide bonds. The van der Waals surface area contributed by atoms with Crippen molar-refractivity contribution in [2.24, 2.45) is 0 Å². The summed E-state index contributed by atoms with van der Waals surface area (Å²) in [5, 5.41) is 4.60. The van der Waals surface area contributed by atoms with Gasteiger partial charge in [0.05, 0.1) is 11.1 Å². The lowest BCUT2D eigenvalue weighted by atomic mass is 10.2. The maximum absolute atomic E-state index is 12.4. The molecule has 1 aliphatic rings. The standard InChI is InChI=1S/C13H15ClN4O2S/c1-13(2,3)20-12(19)17-6-7-21-9-10(14)18-8(4-5-15-18)16-11(9)17/h4-5H,6-7H2,1-3H3. The van der Waals surface area contributed by atoms with Gasteiger partial charge in [0.15, 0.2) is 11.5 Å². The fourth-order valence-electron chi connectivity index (χ4n) is 2.03. The van der Waals surface area contributed by atoms with Crippen LogP contribution in [0.1, 0.15) is 20.8 Å². The minimum atomic E-state index is -0.549. The summed E-state index contributed by atoms with van der Waals surface area (Å²) in [6.45, 7) is 6.06. The Morgan fingerprint density at radius 3 is 2.95 bits per heavy atom. The van der Waals surface area contributed by atoms with Crippen molar-refractivity contribution in [3.63, 3.8) is 0 Å². The van der Waals surface area contributed by atoms with Crippen LogP contribution in [0.5, 0.6) is 0 Å². The van der Waals surface area contributed by atoms with Crippen LogP contribution in [0.15, 0.2) is 17.2 Å². The average Bonchev–Trinajstić information content (AvgIpc) is 2.85. The SMILES string of the molecule is CC(C)(C)OC(=O)N1CCSc2c1nc1ccnn1c2Cl. The van der Waals surface area contributed by atoms with Crippen LogP contribution in [0.3, 0.4) is 0 Å². The molecule has 0 aromatic carbocycles. The van der Waals surface area contributed by atoms with Gasteiger partial charge in [-0.2, -0.15) is 5.10 Å². The number of rotatable bonds is 0. The normalized spacial score (nSPS) is 15.1. The Kier molecular flexibility index (Phi) is 3.49. The number of aromatic nitrogens is 3. The van der Waals surface area contributed by atoms with E-state index in [1.807, 2.05) is 20.8 Å². The second kappa shape index (κ2) is 5.06. The van der Waals surface area contributed by atoms with Gasteiger partial charge in [-0.1, -0.05) is 11.6 Å². The molecule has 0 N–H and O–H groups in total. The van der Waals surface area contributed by atoms with Gasteiger partial charge < -0.3 is 4.74 Å². The molecule has 21 heavy (non-hydrogen) atoms. The number of hydrogen-bond donors (Lipinski definition) is 0. The molecule has 0 spiro atoms. The summed E-state index contributed by atoms with van der Waals surface area (Å²) in [6, 6.07) is 1.75. The first-order valence-electron chi connectivity index (χ1n) is 6.53. The zero-order valence-corrected chi connectivity index (χ0v) is 13.5. The van der Waals surface area contributed by atoms with Gasteiger partial charge in [-0.05, 0) is 20.8 Å². The van der Waals surface area contributed by atoms with E-state index >= 15 is 0 Å². The van der Waals surface area contributed by atoms with E-state index in [0.717, 1.165) is 10.6 Å². The van der Waals surface area contributed by atoms with E-state index in [-0.39, 0.29) is 0 Å². The summed E-state index contributed by atoms with van der Waals surface area (Å²) in [7, 11) is 0. The number of nitrogens with zero attached hydrogens (tertiary/aromatic N) is 4. The van der Waals surface area contributed by atoms with Crippen LogP contribution in [0.2, 0.25) is 5.15 Å². The monoisotopic (exact) mass is 326 g/mol. The minimum absolute atomic E-state index is 0.406. The number of thioether (sulfide) groups is 1. The van der Waals surface area contributed by atoms with Crippen LogP contribution in [-0.4, -0.2) is 38.6 Å². The van der Waals surface area contributed by atoms with Gasteiger partial charge >= 0.3 is 6.09 Å². The van der Waals surface area contributed by atoms with Crippen molar-refractivity contribution in [1.82, 2.24) is 14.6 Å². The molecular formula is C13H15ClN4O2S. The third-order valence-corrected chi connectivity index (χ3v) is 4.36. The molecule has 3 rings (SSSR count). The Bertz CT molecular complexity index is 710. The molecule has 0 unspecified atom stereocenters. The van der Waals surface area contributed by atoms with Crippen LogP contribution in [0, 0.1) is 0 Å². The summed E-state index contributed by atoms with van der Waals surface area (Å²) >= 11 is 7.93. The molecule has 0 atom stereocenters. The molecular weight excluding hydrogens is 312 g/mol. The third-order valence-electron chi connectivity index (χ3n) is 2.85. The molecule has 0 bridgehead atoms. The molecule has 8 heteroatoms. The van der Waals surface area contributed by atoms with Crippen molar-refractivity contribution in [1.29, 1.82) is 0 Å². The third kappa shape index (κ3) is 2.67. The fourth-order valence-corrected chi connectivity index (χ4v) is 3.37. The first kappa shape index (κ1) is 14.5. The van der Waals surface area contributed by atoms with Crippen molar-refractivity contribution in [3.8, 4) is 0 Å². The van der Waals surface area contributed by atoms with Crippen molar-refractivity contribution < 1.29 is 9.53 Å². The second-order valence-electron chi connectivity index (χ2n) is 5.64. The highest BCUT2D eigenvalue weighted by Gasteiger charge is 2.31. The van der Waals surface area contributed by atoms with Gasteiger partial charge in [-0.3, -0.25) is 4.90 Å². The van der Waals surface area contributed by atoms with E-state index in [9.17, 15) is 4.79 Å². The second-order valence-corrected chi connectivity index (χ2v) is 7.10. The highest BCUT2D eigenvalue weighted by molar-refractivity contribution is 7.99. The van der Waals surface area contributed by atoms with E-state index in [2.05, 4.69) is 10.1 Å². The topological polar surface area (TPSA) is 59.7 Å². The summed E-state index contributed by atoms with van der Waals surface area (Å²) in [6.07, 6.45) is 1.22. The van der Waals surface area contributed by atoms with Gasteiger partial charge in [0.25, 0.3) is 0 Å². The van der Waals surface area contributed by atoms with Crippen molar-refractivity contribution >= 4 is 40.9 Å². The quantitative estimate of drug-likeness (QED) is 0.696. The van der Waals surface area contributed by atoms with Crippen LogP contribution in [-0.2, 0) is 4.74 Å². The maximum atomic E-state index is 12.4. The molecule has 6 nitrogen and oxygen atoms in total. The zero-order valence-electron chi connectivity index (χ0n) is 12.0. The van der Waals surface area contributed by atoms with E-state index in [1.165, 1.54) is 4.90 Å². The maximum Gasteiger partial charge on any atom is 0.416 e. The van der Waals surface area contributed by atoms with Crippen molar-refractivity contribution in [2.75, 3.05) is 17.2 Å². The van der Waals surface area contributed by atoms with Gasteiger partial charge in [-0.15, -0.1) is 11.8 Å². The largest absolute Gasteiger partial charge is 0.443 e. The predicted octanol–water partition coefficient (Wildman–Crippen LogP) is 3.23. The predicted molar refractivity (Wildman–Crippen MR) is 82.3 cm³/mol. The van der Waals surface area contributed by atoms with E-state index in [1.54, 1.807) is 28.5 Å². The molecule has 112 valence electrons. The van der Waals surface area contributed by atoms with E-state index in [4.69, 9.17) is 16.3 Å². The lowest BCUT2D eigenvalue weighted by molar-refractivity contribution is 0.0580. The lowest BCUT2D eigenvalue weighted by Gasteiger charge is -2.30. The number of carbonyl (C=O) groups is 1. The summed E-state index contributed by atoms with van der Waals surface area (Å²) in [5.74, 6) is 1.28. The van der Waals surface area contributed by atoms with E-state index < -0.39 is 11.7 Å². The number of fused-ring (bicyclic) bond motifs is 2. The van der Waals surface area contributed by atoms with Gasteiger partial charge in [-0.25, -0.2) is 14.3 Å². The first-order valence-corrected chi connectivity index (χ1v) is 7.90. The first-order chi connectivity index (χ1) is 9.87. The van der Waals surface area contributed by atoms with Gasteiger partial charge in [0, 0.05) is 18.4 Å². The Balaban J connectivity index is 2.05. The molecule has 3 heterocycles. The molecule has 2 aromatic heterocycles. The number of anilines is 1. The molecule has 2 aromatic rings. The van der Waals surface area contributed by atoms with Gasteiger partial charge in [0.1, 0.15) is 10.8 Å². The smallest absolute Gasteiger partial charge is 0.416 e. The number of carbonyl (C=O) groups excluding carboxylic acids is 1. The zero-order chi connectivity index (χ0) is 15.2. The molecule has 0 saturated heterocycles. The average molecular weight is 327 g/mol. The highest BCUT2D eigenvalue weighted by Crippen LogP contribution is 2.39. The molecule has 1 aliphatic heterocycles. The number of ether oxygens (including phenoxy) is 1. The summed E-state index contributed by atoms with van der Waals surface area (Å²) in [5.41, 5.74) is 0.0570. The molecule has 0 aliphatic carbocycles. The van der Waals surface area contributed by atoms with Crippen LogP contribution >= 0.6 is 23.4 Å².